The quantitative estimate of drug-likeness (QED) is 0.540. The lowest BCUT2D eigenvalue weighted by molar-refractivity contribution is 0.691. The number of hydrogen-bond acceptors (Lipinski definition) is 0. The molecular formula is C14H23ClSi. The molecule has 0 aliphatic rings. The molecule has 0 unspecified atom stereocenters. The Labute approximate surface area is 106 Å². The Hall–Kier alpha value is -0.273. The van der Waals surface area contributed by atoms with Crippen LogP contribution in [0.5, 0.6) is 0 Å². The van der Waals surface area contributed by atoms with Gasteiger partial charge in [-0.1, -0.05) is 58.0 Å². The maximum atomic E-state index is 6.99. The number of hydrogen-bond donors (Lipinski definition) is 0. The van der Waals surface area contributed by atoms with Crippen molar-refractivity contribution in [2.45, 2.75) is 39.8 Å². The second-order valence-corrected chi connectivity index (χ2v) is 11.0. The van der Waals surface area contributed by atoms with Crippen LogP contribution in [0.2, 0.25) is 12.1 Å². The van der Waals surface area contributed by atoms with Crippen molar-refractivity contribution in [1.29, 1.82) is 0 Å². The van der Waals surface area contributed by atoms with Crippen molar-refractivity contribution >= 4 is 23.6 Å². The van der Waals surface area contributed by atoms with E-state index in [1.54, 1.807) is 0 Å². The van der Waals surface area contributed by atoms with Crippen molar-refractivity contribution in [2.75, 3.05) is 0 Å². The van der Waals surface area contributed by atoms with E-state index in [9.17, 15) is 0 Å². The zero-order valence-electron chi connectivity index (χ0n) is 10.8. The minimum atomic E-state index is -1.78. The molecule has 0 saturated carbocycles. The van der Waals surface area contributed by atoms with Crippen LogP contribution >= 0.6 is 11.1 Å². The van der Waals surface area contributed by atoms with E-state index in [2.05, 4.69) is 58.0 Å². The summed E-state index contributed by atoms with van der Waals surface area (Å²) in [5.74, 6) is 1.37. The SMILES string of the molecule is CC(C)C[Si](Cl)(CC(C)C)c1ccccc1. The zero-order valence-corrected chi connectivity index (χ0v) is 12.6. The monoisotopic (exact) mass is 254 g/mol. The van der Waals surface area contributed by atoms with Crippen molar-refractivity contribution in [2.24, 2.45) is 11.8 Å². The van der Waals surface area contributed by atoms with Gasteiger partial charge in [0.25, 0.3) is 0 Å². The molecule has 0 bridgehead atoms. The summed E-state index contributed by atoms with van der Waals surface area (Å²) in [6.07, 6.45) is 0. The maximum Gasteiger partial charge on any atom is 0.187 e. The van der Waals surface area contributed by atoms with Gasteiger partial charge in [0.1, 0.15) is 0 Å². The Kier molecular flexibility index (Phi) is 5.07. The van der Waals surface area contributed by atoms with Gasteiger partial charge in [-0.3, -0.25) is 0 Å². The van der Waals surface area contributed by atoms with Crippen molar-refractivity contribution in [3.05, 3.63) is 30.3 Å². The summed E-state index contributed by atoms with van der Waals surface area (Å²) in [4.78, 5) is 0. The fourth-order valence-electron chi connectivity index (χ4n) is 2.35. The summed E-state index contributed by atoms with van der Waals surface area (Å²) >= 11 is 6.99. The lowest BCUT2D eigenvalue weighted by atomic mass is 10.3. The van der Waals surface area contributed by atoms with Gasteiger partial charge in [-0.2, -0.15) is 11.1 Å². The molecule has 0 fully saturated rings. The molecule has 0 saturated heterocycles. The minimum Gasteiger partial charge on any atom is -0.161 e. The summed E-state index contributed by atoms with van der Waals surface area (Å²) in [5.41, 5.74) is 0. The van der Waals surface area contributed by atoms with E-state index in [0.29, 0.717) is 11.8 Å². The number of benzene rings is 1. The zero-order chi connectivity index (χ0) is 12.2. The normalized spacial score (nSPS) is 12.4. The smallest absolute Gasteiger partial charge is 0.161 e. The lowest BCUT2D eigenvalue weighted by Crippen LogP contribution is -2.44. The van der Waals surface area contributed by atoms with Crippen LogP contribution in [0, 0.1) is 11.8 Å². The molecule has 0 heterocycles. The van der Waals surface area contributed by atoms with Gasteiger partial charge in [-0.25, -0.2) is 0 Å². The first kappa shape index (κ1) is 13.8. The van der Waals surface area contributed by atoms with Crippen LogP contribution in [-0.2, 0) is 0 Å². The molecule has 1 aromatic carbocycles. The highest BCUT2D eigenvalue weighted by molar-refractivity contribution is 7.27. The molecular weight excluding hydrogens is 232 g/mol. The van der Waals surface area contributed by atoms with Gasteiger partial charge in [-0.15, -0.1) is 0 Å². The molecule has 0 N–H and O–H groups in total. The highest BCUT2D eigenvalue weighted by Gasteiger charge is 2.34. The van der Waals surface area contributed by atoms with Crippen LogP contribution in [-0.4, -0.2) is 7.38 Å². The van der Waals surface area contributed by atoms with Gasteiger partial charge in [-0.05, 0) is 29.1 Å². The van der Waals surface area contributed by atoms with Gasteiger partial charge in [0.05, 0.1) is 0 Å². The lowest BCUT2D eigenvalue weighted by Gasteiger charge is -2.28. The third kappa shape index (κ3) is 3.95. The fraction of sp³-hybridized carbons (Fsp3) is 0.571. The van der Waals surface area contributed by atoms with E-state index in [1.807, 2.05) is 0 Å². The Morgan fingerprint density at radius 3 is 1.75 bits per heavy atom. The Morgan fingerprint density at radius 2 is 1.38 bits per heavy atom. The van der Waals surface area contributed by atoms with Crippen LogP contribution in [0.3, 0.4) is 0 Å². The first-order chi connectivity index (χ1) is 7.44. The second-order valence-electron chi connectivity index (χ2n) is 5.53. The van der Waals surface area contributed by atoms with E-state index in [4.69, 9.17) is 11.1 Å². The van der Waals surface area contributed by atoms with Crippen LogP contribution < -0.4 is 5.19 Å². The van der Waals surface area contributed by atoms with Gasteiger partial charge in [0.15, 0.2) is 7.38 Å². The first-order valence-electron chi connectivity index (χ1n) is 6.18. The molecule has 0 aliphatic carbocycles. The molecule has 16 heavy (non-hydrogen) atoms. The van der Waals surface area contributed by atoms with Crippen molar-refractivity contribution in [3.63, 3.8) is 0 Å². The van der Waals surface area contributed by atoms with Crippen LogP contribution in [0.25, 0.3) is 0 Å². The number of rotatable bonds is 5. The summed E-state index contributed by atoms with van der Waals surface area (Å²) < 4.78 is 0. The van der Waals surface area contributed by atoms with E-state index < -0.39 is 7.38 Å². The molecule has 1 rings (SSSR count). The molecule has 0 aromatic heterocycles. The van der Waals surface area contributed by atoms with Crippen molar-refractivity contribution in [1.82, 2.24) is 0 Å². The fourth-order valence-corrected chi connectivity index (χ4v) is 8.60. The van der Waals surface area contributed by atoms with Crippen LogP contribution in [0.4, 0.5) is 0 Å². The van der Waals surface area contributed by atoms with Crippen LogP contribution in [0.1, 0.15) is 27.7 Å². The highest BCUT2D eigenvalue weighted by atomic mass is 35.6. The van der Waals surface area contributed by atoms with Crippen molar-refractivity contribution < 1.29 is 0 Å². The molecule has 2 heteroatoms. The molecule has 90 valence electrons. The average molecular weight is 255 g/mol. The number of halogens is 1. The Bertz CT molecular complexity index is 296. The van der Waals surface area contributed by atoms with E-state index in [0.717, 1.165) is 0 Å². The maximum absolute atomic E-state index is 6.99. The summed E-state index contributed by atoms with van der Waals surface area (Å²) in [6.45, 7) is 9.08. The van der Waals surface area contributed by atoms with Gasteiger partial charge < -0.3 is 0 Å². The molecule has 1 aromatic rings. The summed E-state index contributed by atoms with van der Waals surface area (Å²) in [7, 11) is -1.78. The van der Waals surface area contributed by atoms with E-state index in [1.165, 1.54) is 17.3 Å². The summed E-state index contributed by atoms with van der Waals surface area (Å²) in [5, 5.41) is 1.40. The Morgan fingerprint density at radius 1 is 0.938 bits per heavy atom. The third-order valence-corrected chi connectivity index (χ3v) is 8.63. The third-order valence-electron chi connectivity index (χ3n) is 2.75. The predicted octanol–water partition coefficient (Wildman–Crippen LogP) is 4.39. The van der Waals surface area contributed by atoms with E-state index in [-0.39, 0.29) is 0 Å². The standard InChI is InChI=1S/C14H23ClSi/c1-12(2)10-16(15,11-13(3)4)14-8-6-5-7-9-14/h5-9,12-13H,10-11H2,1-4H3. The van der Waals surface area contributed by atoms with Crippen LogP contribution in [0.15, 0.2) is 30.3 Å². The predicted molar refractivity (Wildman–Crippen MR) is 77.0 cm³/mol. The topological polar surface area (TPSA) is 0 Å². The second kappa shape index (κ2) is 5.88. The first-order valence-corrected chi connectivity index (χ1v) is 9.61. The molecule has 0 nitrogen and oxygen atoms in total. The molecule has 0 radical (unpaired) electrons. The molecule has 0 amide bonds. The Balaban J connectivity index is 2.95. The van der Waals surface area contributed by atoms with E-state index >= 15 is 0 Å². The van der Waals surface area contributed by atoms with Gasteiger partial charge in [0.2, 0.25) is 0 Å². The minimum absolute atomic E-state index is 0.683. The largest absolute Gasteiger partial charge is 0.187 e. The highest BCUT2D eigenvalue weighted by Crippen LogP contribution is 2.28. The summed E-state index contributed by atoms with van der Waals surface area (Å²) in [6, 6.07) is 13.1. The van der Waals surface area contributed by atoms with Gasteiger partial charge >= 0.3 is 0 Å². The molecule has 0 spiro atoms. The molecule has 0 atom stereocenters. The van der Waals surface area contributed by atoms with Gasteiger partial charge in [0, 0.05) is 0 Å². The van der Waals surface area contributed by atoms with Crippen molar-refractivity contribution in [3.8, 4) is 0 Å². The average Bonchev–Trinajstić information content (AvgIpc) is 2.16. The molecule has 0 aliphatic heterocycles.